The fourth-order valence-corrected chi connectivity index (χ4v) is 2.42. The van der Waals surface area contributed by atoms with E-state index in [1.165, 1.54) is 6.33 Å². The minimum atomic E-state index is -0.294. The summed E-state index contributed by atoms with van der Waals surface area (Å²) in [5, 5.41) is 6.61. The highest BCUT2D eigenvalue weighted by molar-refractivity contribution is 6.30. The second-order valence-electron chi connectivity index (χ2n) is 5.69. The van der Waals surface area contributed by atoms with Crippen LogP contribution < -0.4 is 10.6 Å². The molecule has 0 saturated carbocycles. The van der Waals surface area contributed by atoms with Crippen molar-refractivity contribution >= 4 is 34.7 Å². The zero-order valence-electron chi connectivity index (χ0n) is 13.9. The Kier molecular flexibility index (Phi) is 4.95. The number of halogens is 1. The van der Waals surface area contributed by atoms with E-state index in [0.717, 1.165) is 22.5 Å². The van der Waals surface area contributed by atoms with Crippen molar-refractivity contribution < 1.29 is 4.79 Å². The molecule has 1 heterocycles. The van der Waals surface area contributed by atoms with Crippen LogP contribution in [0.4, 0.5) is 17.2 Å². The van der Waals surface area contributed by atoms with Crippen LogP contribution in [-0.4, -0.2) is 15.9 Å². The quantitative estimate of drug-likeness (QED) is 0.711. The van der Waals surface area contributed by atoms with Crippen LogP contribution in [0.25, 0.3) is 0 Å². The molecule has 2 aromatic carbocycles. The molecule has 0 aliphatic rings. The second kappa shape index (κ2) is 7.32. The van der Waals surface area contributed by atoms with E-state index in [2.05, 4.69) is 20.6 Å². The van der Waals surface area contributed by atoms with Gasteiger partial charge in [-0.1, -0.05) is 35.4 Å². The van der Waals surface area contributed by atoms with Crippen molar-refractivity contribution in [1.82, 2.24) is 9.97 Å². The Bertz CT molecular complexity index is 910. The summed E-state index contributed by atoms with van der Waals surface area (Å²) in [6, 6.07) is 14.7. The van der Waals surface area contributed by atoms with Crippen molar-refractivity contribution in [2.45, 2.75) is 13.8 Å². The summed E-state index contributed by atoms with van der Waals surface area (Å²) in [6.07, 6.45) is 1.35. The summed E-state index contributed by atoms with van der Waals surface area (Å²) in [4.78, 5) is 20.6. The van der Waals surface area contributed by atoms with Crippen molar-refractivity contribution in [1.29, 1.82) is 0 Å². The minimum absolute atomic E-state index is 0.276. The summed E-state index contributed by atoms with van der Waals surface area (Å²) in [5.74, 6) is 0.228. The Morgan fingerprint density at radius 3 is 2.52 bits per heavy atom. The average molecular weight is 353 g/mol. The Labute approximate surface area is 151 Å². The van der Waals surface area contributed by atoms with Gasteiger partial charge in [-0.25, -0.2) is 9.97 Å². The molecule has 0 spiro atoms. The number of aromatic nitrogens is 2. The van der Waals surface area contributed by atoms with Gasteiger partial charge in [0.2, 0.25) is 0 Å². The van der Waals surface area contributed by atoms with Crippen LogP contribution in [0.2, 0.25) is 5.02 Å². The molecule has 1 aromatic heterocycles. The molecule has 6 heteroatoms. The van der Waals surface area contributed by atoms with Gasteiger partial charge in [0.25, 0.3) is 5.91 Å². The molecule has 0 saturated heterocycles. The van der Waals surface area contributed by atoms with Crippen LogP contribution in [0, 0.1) is 13.8 Å². The molecule has 126 valence electrons. The second-order valence-corrected chi connectivity index (χ2v) is 6.13. The lowest BCUT2D eigenvalue weighted by Gasteiger charge is -2.10. The number of nitrogens with one attached hydrogen (secondary N) is 2. The Morgan fingerprint density at radius 2 is 1.76 bits per heavy atom. The number of carbonyl (C=O) groups is 1. The normalized spacial score (nSPS) is 10.4. The topological polar surface area (TPSA) is 66.9 Å². The first-order valence-electron chi connectivity index (χ1n) is 7.74. The number of amides is 1. The van der Waals surface area contributed by atoms with Crippen LogP contribution in [0.15, 0.2) is 54.9 Å². The van der Waals surface area contributed by atoms with E-state index in [4.69, 9.17) is 11.6 Å². The van der Waals surface area contributed by atoms with Gasteiger partial charge >= 0.3 is 0 Å². The van der Waals surface area contributed by atoms with Crippen molar-refractivity contribution in [3.63, 3.8) is 0 Å². The van der Waals surface area contributed by atoms with E-state index < -0.39 is 0 Å². The molecular formula is C19H17ClN4O. The first-order valence-corrected chi connectivity index (χ1v) is 8.12. The number of aryl methyl sites for hydroxylation is 2. The molecule has 25 heavy (non-hydrogen) atoms. The number of benzene rings is 2. The molecule has 1 amide bonds. The van der Waals surface area contributed by atoms with Crippen molar-refractivity contribution in [2.24, 2.45) is 0 Å². The highest BCUT2D eigenvalue weighted by atomic mass is 35.5. The van der Waals surface area contributed by atoms with Crippen molar-refractivity contribution in [3.8, 4) is 0 Å². The molecule has 0 atom stereocenters. The highest BCUT2D eigenvalue weighted by Gasteiger charge is 2.10. The van der Waals surface area contributed by atoms with Crippen LogP contribution in [-0.2, 0) is 0 Å². The van der Waals surface area contributed by atoms with Gasteiger partial charge in [-0.3, -0.25) is 4.79 Å². The lowest BCUT2D eigenvalue weighted by molar-refractivity contribution is 0.102. The maximum absolute atomic E-state index is 12.4. The third kappa shape index (κ3) is 4.33. The maximum Gasteiger partial charge on any atom is 0.274 e. The first-order chi connectivity index (χ1) is 12.0. The molecule has 3 rings (SSSR count). The van der Waals surface area contributed by atoms with E-state index in [1.807, 2.05) is 56.3 Å². The monoisotopic (exact) mass is 352 g/mol. The number of hydrogen-bond donors (Lipinski definition) is 2. The summed E-state index contributed by atoms with van der Waals surface area (Å²) >= 11 is 6.03. The van der Waals surface area contributed by atoms with E-state index in [0.29, 0.717) is 10.8 Å². The van der Waals surface area contributed by atoms with Crippen molar-refractivity contribution in [3.05, 3.63) is 76.7 Å². The van der Waals surface area contributed by atoms with Gasteiger partial charge in [0.1, 0.15) is 17.8 Å². The molecule has 0 unspecified atom stereocenters. The van der Waals surface area contributed by atoms with E-state index >= 15 is 0 Å². The molecule has 5 nitrogen and oxygen atoms in total. The van der Waals surface area contributed by atoms with Gasteiger partial charge in [-0.2, -0.15) is 0 Å². The SMILES string of the molecule is Cc1ccc(NC(=O)c2cc(Nc3cc(Cl)ccc3C)ncn2)cc1. The van der Waals surface area contributed by atoms with Crippen LogP contribution in [0.3, 0.4) is 0 Å². The Balaban J connectivity index is 1.77. The zero-order valence-corrected chi connectivity index (χ0v) is 14.6. The van der Waals surface area contributed by atoms with E-state index in [1.54, 1.807) is 6.07 Å². The van der Waals surface area contributed by atoms with Crippen LogP contribution in [0.1, 0.15) is 21.6 Å². The number of hydrogen-bond acceptors (Lipinski definition) is 4. The lowest BCUT2D eigenvalue weighted by Crippen LogP contribution is -2.14. The van der Waals surface area contributed by atoms with Crippen molar-refractivity contribution in [2.75, 3.05) is 10.6 Å². The number of rotatable bonds is 4. The molecule has 3 aromatic rings. The van der Waals surface area contributed by atoms with Gasteiger partial charge in [-0.15, -0.1) is 0 Å². The molecular weight excluding hydrogens is 336 g/mol. The third-order valence-electron chi connectivity index (χ3n) is 3.67. The molecule has 0 aliphatic carbocycles. The summed E-state index contributed by atoms with van der Waals surface area (Å²) < 4.78 is 0. The highest BCUT2D eigenvalue weighted by Crippen LogP contribution is 2.23. The van der Waals surface area contributed by atoms with Gasteiger partial charge in [0.15, 0.2) is 0 Å². The summed E-state index contributed by atoms with van der Waals surface area (Å²) in [7, 11) is 0. The molecule has 0 fully saturated rings. The molecule has 0 radical (unpaired) electrons. The minimum Gasteiger partial charge on any atom is -0.340 e. The standard InChI is InChI=1S/C19H17ClN4O/c1-12-3-7-15(8-4-12)23-19(25)17-10-18(22-11-21-17)24-16-9-14(20)6-5-13(16)2/h3-11H,1-2H3,(H,23,25)(H,21,22,24). The Hall–Kier alpha value is -2.92. The predicted molar refractivity (Wildman–Crippen MR) is 101 cm³/mol. The average Bonchev–Trinajstić information content (AvgIpc) is 2.60. The van der Waals surface area contributed by atoms with E-state index in [9.17, 15) is 4.79 Å². The predicted octanol–water partition coefficient (Wildman–Crippen LogP) is 4.74. The van der Waals surface area contributed by atoms with Gasteiger partial charge < -0.3 is 10.6 Å². The van der Waals surface area contributed by atoms with Gasteiger partial charge in [-0.05, 0) is 43.7 Å². The number of anilines is 3. The van der Waals surface area contributed by atoms with Crippen LogP contribution >= 0.6 is 11.6 Å². The third-order valence-corrected chi connectivity index (χ3v) is 3.91. The lowest BCUT2D eigenvalue weighted by atomic mass is 10.2. The zero-order chi connectivity index (χ0) is 17.8. The Morgan fingerprint density at radius 1 is 1.00 bits per heavy atom. The largest absolute Gasteiger partial charge is 0.340 e. The first kappa shape index (κ1) is 16.9. The molecule has 2 N–H and O–H groups in total. The fraction of sp³-hybridized carbons (Fsp3) is 0.105. The van der Waals surface area contributed by atoms with Gasteiger partial charge in [0.05, 0.1) is 0 Å². The number of carbonyl (C=O) groups excluding carboxylic acids is 1. The maximum atomic E-state index is 12.4. The summed E-state index contributed by atoms with van der Waals surface area (Å²) in [5.41, 5.74) is 3.97. The smallest absolute Gasteiger partial charge is 0.274 e. The fourth-order valence-electron chi connectivity index (χ4n) is 2.25. The molecule has 0 aliphatic heterocycles. The van der Waals surface area contributed by atoms with Gasteiger partial charge in [0, 0.05) is 22.5 Å². The van der Waals surface area contributed by atoms with Crippen LogP contribution in [0.5, 0.6) is 0 Å². The van der Waals surface area contributed by atoms with E-state index in [-0.39, 0.29) is 11.6 Å². The number of nitrogens with zero attached hydrogens (tertiary/aromatic N) is 2. The summed E-state index contributed by atoms with van der Waals surface area (Å²) in [6.45, 7) is 3.96. The molecule has 0 bridgehead atoms.